The van der Waals surface area contributed by atoms with Gasteiger partial charge in [0.05, 0.1) is 12.5 Å². The molecule has 7 nitrogen and oxygen atoms in total. The molecule has 1 saturated heterocycles. The summed E-state index contributed by atoms with van der Waals surface area (Å²) < 4.78 is 0. The summed E-state index contributed by atoms with van der Waals surface area (Å²) in [5.74, 6) is -0.370. The van der Waals surface area contributed by atoms with Crippen LogP contribution < -0.4 is 5.32 Å². The fraction of sp³-hybridized carbons (Fsp3) is 0.286. The lowest BCUT2D eigenvalue weighted by atomic mass is 10.1. The van der Waals surface area contributed by atoms with Gasteiger partial charge in [-0.1, -0.05) is 30.3 Å². The van der Waals surface area contributed by atoms with Crippen LogP contribution in [0.5, 0.6) is 0 Å². The van der Waals surface area contributed by atoms with E-state index in [1.807, 2.05) is 30.3 Å². The zero-order chi connectivity index (χ0) is 14.8. The highest BCUT2D eigenvalue weighted by Crippen LogP contribution is 2.19. The smallest absolute Gasteiger partial charge is 0.246 e. The number of rotatable bonds is 4. The number of aromatic amines is 1. The van der Waals surface area contributed by atoms with Crippen LogP contribution >= 0.6 is 0 Å². The Balaban J connectivity index is 1.72. The van der Waals surface area contributed by atoms with Gasteiger partial charge in [-0.15, -0.1) is 0 Å². The van der Waals surface area contributed by atoms with Crippen LogP contribution in [0, 0.1) is 0 Å². The Labute approximate surface area is 121 Å². The molecule has 7 heteroatoms. The first-order chi connectivity index (χ1) is 10.2. The molecule has 1 aliphatic rings. The highest BCUT2D eigenvalue weighted by atomic mass is 16.2. The summed E-state index contributed by atoms with van der Waals surface area (Å²) in [4.78, 5) is 24.5. The molecule has 1 aliphatic heterocycles. The standard InChI is InChI=1S/C14H15N5O2/c1-19-12(20)7-10(14(19)21)15-8-11-13(17-18-16-11)9-5-3-2-4-6-9/h2-6,10,15H,7-8H2,1H3,(H,16,17,18). The highest BCUT2D eigenvalue weighted by Gasteiger charge is 2.35. The van der Waals surface area contributed by atoms with Crippen molar-refractivity contribution >= 4 is 11.8 Å². The lowest BCUT2D eigenvalue weighted by Crippen LogP contribution is -2.36. The molecular weight excluding hydrogens is 270 g/mol. The average molecular weight is 285 g/mol. The van der Waals surface area contributed by atoms with E-state index in [9.17, 15) is 9.59 Å². The number of likely N-dealkylation sites (N-methyl/N-ethyl adjacent to an activating group) is 1. The molecule has 108 valence electrons. The molecule has 2 aromatic rings. The lowest BCUT2D eigenvalue weighted by molar-refractivity contribution is -0.137. The minimum atomic E-state index is -0.483. The maximum absolute atomic E-state index is 11.8. The van der Waals surface area contributed by atoms with E-state index in [1.54, 1.807) is 0 Å². The number of amides is 2. The third-order valence-electron chi connectivity index (χ3n) is 3.56. The SMILES string of the molecule is CN1C(=O)CC(NCc2n[nH]nc2-c2ccccc2)C1=O. The average Bonchev–Trinajstić information content (AvgIpc) is 3.07. The Morgan fingerprint density at radius 1 is 1.29 bits per heavy atom. The molecule has 21 heavy (non-hydrogen) atoms. The number of hydrogen-bond acceptors (Lipinski definition) is 5. The quantitative estimate of drug-likeness (QED) is 0.789. The number of nitrogens with one attached hydrogen (secondary N) is 2. The molecule has 0 aliphatic carbocycles. The van der Waals surface area contributed by atoms with E-state index in [2.05, 4.69) is 20.7 Å². The summed E-state index contributed by atoms with van der Waals surface area (Å²) in [5, 5.41) is 13.9. The predicted octanol–water partition coefficient (Wildman–Crippen LogP) is 0.319. The van der Waals surface area contributed by atoms with Crippen LogP contribution in [0.3, 0.4) is 0 Å². The molecule has 1 aromatic heterocycles. The highest BCUT2D eigenvalue weighted by molar-refractivity contribution is 6.05. The summed E-state index contributed by atoms with van der Waals surface area (Å²) in [6, 6.07) is 9.19. The number of H-pyrrole nitrogens is 1. The number of carbonyl (C=O) groups excluding carboxylic acids is 2. The van der Waals surface area contributed by atoms with Crippen LogP contribution in [0.15, 0.2) is 30.3 Å². The van der Waals surface area contributed by atoms with Crippen LogP contribution in [0.2, 0.25) is 0 Å². The lowest BCUT2D eigenvalue weighted by Gasteiger charge is -2.10. The van der Waals surface area contributed by atoms with Crippen molar-refractivity contribution in [3.8, 4) is 11.3 Å². The molecule has 0 bridgehead atoms. The van der Waals surface area contributed by atoms with Crippen molar-refractivity contribution < 1.29 is 9.59 Å². The van der Waals surface area contributed by atoms with Crippen LogP contribution in [0.25, 0.3) is 11.3 Å². The fourth-order valence-corrected chi connectivity index (χ4v) is 2.34. The van der Waals surface area contributed by atoms with Crippen molar-refractivity contribution in [2.24, 2.45) is 0 Å². The molecule has 0 saturated carbocycles. The Kier molecular flexibility index (Phi) is 3.49. The summed E-state index contributed by atoms with van der Waals surface area (Å²) in [5.41, 5.74) is 2.42. The molecule has 2 N–H and O–H groups in total. The van der Waals surface area contributed by atoms with Gasteiger partial charge in [-0.05, 0) is 0 Å². The van der Waals surface area contributed by atoms with Gasteiger partial charge in [-0.2, -0.15) is 15.4 Å². The van der Waals surface area contributed by atoms with E-state index in [0.717, 1.165) is 21.9 Å². The number of benzene rings is 1. The van der Waals surface area contributed by atoms with Gasteiger partial charge in [0.2, 0.25) is 11.8 Å². The molecule has 1 atom stereocenters. The maximum atomic E-state index is 11.8. The van der Waals surface area contributed by atoms with E-state index < -0.39 is 6.04 Å². The largest absolute Gasteiger partial charge is 0.300 e. The van der Waals surface area contributed by atoms with E-state index in [4.69, 9.17) is 0 Å². The van der Waals surface area contributed by atoms with Gasteiger partial charge in [0.25, 0.3) is 0 Å². The van der Waals surface area contributed by atoms with E-state index in [1.165, 1.54) is 7.05 Å². The van der Waals surface area contributed by atoms with Crippen molar-refractivity contribution in [1.29, 1.82) is 0 Å². The van der Waals surface area contributed by atoms with E-state index >= 15 is 0 Å². The number of nitrogens with zero attached hydrogens (tertiary/aromatic N) is 3. The first-order valence-electron chi connectivity index (χ1n) is 6.65. The van der Waals surface area contributed by atoms with Gasteiger partial charge < -0.3 is 0 Å². The van der Waals surface area contributed by atoms with Gasteiger partial charge in [0.15, 0.2) is 0 Å². The number of imide groups is 1. The van der Waals surface area contributed by atoms with Crippen LogP contribution in [-0.4, -0.2) is 45.2 Å². The van der Waals surface area contributed by atoms with Crippen LogP contribution in [0.1, 0.15) is 12.1 Å². The Bertz CT molecular complexity index is 667. The van der Waals surface area contributed by atoms with Crippen molar-refractivity contribution in [3.05, 3.63) is 36.0 Å². The minimum absolute atomic E-state index is 0.166. The van der Waals surface area contributed by atoms with E-state index in [-0.39, 0.29) is 18.2 Å². The first-order valence-corrected chi connectivity index (χ1v) is 6.65. The van der Waals surface area contributed by atoms with Gasteiger partial charge >= 0.3 is 0 Å². The number of aromatic nitrogens is 3. The molecule has 2 heterocycles. The van der Waals surface area contributed by atoms with Crippen molar-refractivity contribution in [3.63, 3.8) is 0 Å². The first kappa shape index (κ1) is 13.4. The molecular formula is C14H15N5O2. The van der Waals surface area contributed by atoms with Crippen LogP contribution in [0.4, 0.5) is 0 Å². The Morgan fingerprint density at radius 2 is 2.05 bits per heavy atom. The summed E-state index contributed by atoms with van der Waals surface area (Å²) in [7, 11) is 1.50. The second kappa shape index (κ2) is 5.45. The molecule has 1 aromatic carbocycles. The van der Waals surface area contributed by atoms with Crippen molar-refractivity contribution in [2.75, 3.05) is 7.05 Å². The van der Waals surface area contributed by atoms with Gasteiger partial charge in [0, 0.05) is 19.2 Å². The zero-order valence-corrected chi connectivity index (χ0v) is 11.5. The summed E-state index contributed by atoms with van der Waals surface area (Å²) in [6.07, 6.45) is 0.188. The maximum Gasteiger partial charge on any atom is 0.246 e. The monoisotopic (exact) mass is 285 g/mol. The Morgan fingerprint density at radius 3 is 2.71 bits per heavy atom. The minimum Gasteiger partial charge on any atom is -0.300 e. The third kappa shape index (κ3) is 2.55. The third-order valence-corrected chi connectivity index (χ3v) is 3.56. The fourth-order valence-electron chi connectivity index (χ4n) is 2.34. The van der Waals surface area contributed by atoms with E-state index in [0.29, 0.717) is 6.54 Å². The number of hydrogen-bond donors (Lipinski definition) is 2. The van der Waals surface area contributed by atoms with Crippen molar-refractivity contribution in [1.82, 2.24) is 25.6 Å². The molecule has 1 unspecified atom stereocenters. The van der Waals surface area contributed by atoms with Crippen LogP contribution in [-0.2, 0) is 16.1 Å². The normalized spacial score (nSPS) is 18.5. The van der Waals surface area contributed by atoms with Gasteiger partial charge in [-0.3, -0.25) is 19.8 Å². The number of likely N-dealkylation sites (tertiary alicyclic amines) is 1. The molecule has 1 fully saturated rings. The predicted molar refractivity (Wildman–Crippen MR) is 74.8 cm³/mol. The topological polar surface area (TPSA) is 91.0 Å². The summed E-state index contributed by atoms with van der Waals surface area (Å²) in [6.45, 7) is 0.373. The second-order valence-corrected chi connectivity index (χ2v) is 4.91. The second-order valence-electron chi connectivity index (χ2n) is 4.91. The summed E-state index contributed by atoms with van der Waals surface area (Å²) >= 11 is 0. The van der Waals surface area contributed by atoms with Crippen molar-refractivity contribution in [2.45, 2.75) is 19.0 Å². The van der Waals surface area contributed by atoms with Gasteiger partial charge in [-0.25, -0.2) is 0 Å². The van der Waals surface area contributed by atoms with Gasteiger partial charge in [0.1, 0.15) is 11.4 Å². The number of carbonyl (C=O) groups is 2. The molecule has 0 spiro atoms. The molecule has 0 radical (unpaired) electrons. The molecule has 3 rings (SSSR count). The Hall–Kier alpha value is -2.54. The molecule has 2 amide bonds. The zero-order valence-electron chi connectivity index (χ0n) is 11.5.